The molecule has 0 spiro atoms. The average Bonchev–Trinajstić information content (AvgIpc) is 2.32. The van der Waals surface area contributed by atoms with Crippen LogP contribution in [0.15, 0.2) is 28.7 Å². The molecular weight excluding hydrogens is 294 g/mol. The highest BCUT2D eigenvalue weighted by atomic mass is 79.9. The van der Waals surface area contributed by atoms with Crippen LogP contribution in [0.25, 0.3) is 0 Å². The van der Waals surface area contributed by atoms with Gasteiger partial charge in [0.1, 0.15) is 0 Å². The molecule has 0 saturated heterocycles. The molecule has 3 nitrogen and oxygen atoms in total. The largest absolute Gasteiger partial charge is 0.481 e. The van der Waals surface area contributed by atoms with Crippen LogP contribution in [0.3, 0.4) is 0 Å². The molecule has 0 fully saturated rings. The Labute approximate surface area is 117 Å². The SMILES string of the molecule is CCN[C@H](Cc1ccc(Br)cc1)C[C@@H](C)C(=O)O. The summed E-state index contributed by atoms with van der Waals surface area (Å²) >= 11 is 3.41. The predicted molar refractivity (Wildman–Crippen MR) is 76.7 cm³/mol. The molecule has 0 aliphatic heterocycles. The zero-order chi connectivity index (χ0) is 13.5. The van der Waals surface area contributed by atoms with Crippen LogP contribution in [-0.4, -0.2) is 23.7 Å². The van der Waals surface area contributed by atoms with Crippen molar-refractivity contribution in [2.24, 2.45) is 5.92 Å². The zero-order valence-electron chi connectivity index (χ0n) is 10.8. The van der Waals surface area contributed by atoms with E-state index in [1.165, 1.54) is 5.56 Å². The number of carbonyl (C=O) groups is 1. The van der Waals surface area contributed by atoms with Crippen molar-refractivity contribution in [2.45, 2.75) is 32.7 Å². The zero-order valence-corrected chi connectivity index (χ0v) is 12.4. The van der Waals surface area contributed by atoms with Gasteiger partial charge in [0.05, 0.1) is 5.92 Å². The van der Waals surface area contributed by atoms with E-state index in [0.717, 1.165) is 17.4 Å². The van der Waals surface area contributed by atoms with Gasteiger partial charge >= 0.3 is 5.97 Å². The maximum Gasteiger partial charge on any atom is 0.306 e. The summed E-state index contributed by atoms with van der Waals surface area (Å²) in [6, 6.07) is 8.37. The van der Waals surface area contributed by atoms with Gasteiger partial charge < -0.3 is 10.4 Å². The van der Waals surface area contributed by atoms with Crippen molar-refractivity contribution in [1.29, 1.82) is 0 Å². The topological polar surface area (TPSA) is 49.3 Å². The lowest BCUT2D eigenvalue weighted by Gasteiger charge is -2.20. The molecule has 1 aromatic rings. The lowest BCUT2D eigenvalue weighted by molar-refractivity contribution is -0.141. The Bertz CT molecular complexity index is 378. The molecule has 0 aliphatic rings. The van der Waals surface area contributed by atoms with Crippen LogP contribution in [0.5, 0.6) is 0 Å². The summed E-state index contributed by atoms with van der Waals surface area (Å²) in [5.74, 6) is -1.04. The van der Waals surface area contributed by atoms with Gasteiger partial charge in [-0.25, -0.2) is 0 Å². The van der Waals surface area contributed by atoms with E-state index in [9.17, 15) is 4.79 Å². The molecule has 0 radical (unpaired) electrons. The van der Waals surface area contributed by atoms with E-state index in [0.29, 0.717) is 6.42 Å². The molecule has 2 N–H and O–H groups in total. The minimum atomic E-state index is -0.728. The fraction of sp³-hybridized carbons (Fsp3) is 0.500. The van der Waals surface area contributed by atoms with Gasteiger partial charge in [-0.05, 0) is 37.1 Å². The second kappa shape index (κ2) is 7.54. The predicted octanol–water partition coefficient (Wildman–Crippen LogP) is 3.08. The second-order valence-corrected chi connectivity index (χ2v) is 5.48. The van der Waals surface area contributed by atoms with E-state index in [4.69, 9.17) is 5.11 Å². The molecule has 0 aromatic heterocycles. The van der Waals surface area contributed by atoms with E-state index in [2.05, 4.69) is 33.4 Å². The van der Waals surface area contributed by atoms with Crippen molar-refractivity contribution in [2.75, 3.05) is 6.54 Å². The molecule has 1 aromatic carbocycles. The lowest BCUT2D eigenvalue weighted by Crippen LogP contribution is -2.34. The maximum absolute atomic E-state index is 10.9. The summed E-state index contributed by atoms with van der Waals surface area (Å²) in [5.41, 5.74) is 1.22. The van der Waals surface area contributed by atoms with Gasteiger partial charge in [0.2, 0.25) is 0 Å². The molecule has 0 heterocycles. The van der Waals surface area contributed by atoms with Crippen LogP contribution in [0.1, 0.15) is 25.8 Å². The Balaban J connectivity index is 2.62. The second-order valence-electron chi connectivity index (χ2n) is 4.56. The summed E-state index contributed by atoms with van der Waals surface area (Å²) in [5, 5.41) is 12.3. The van der Waals surface area contributed by atoms with Crippen LogP contribution >= 0.6 is 15.9 Å². The highest BCUT2D eigenvalue weighted by molar-refractivity contribution is 9.10. The summed E-state index contributed by atoms with van der Waals surface area (Å²) in [4.78, 5) is 10.9. The lowest BCUT2D eigenvalue weighted by atomic mass is 9.96. The van der Waals surface area contributed by atoms with Crippen LogP contribution in [0, 0.1) is 5.92 Å². The number of nitrogens with one attached hydrogen (secondary N) is 1. The van der Waals surface area contributed by atoms with Crippen molar-refractivity contribution in [3.63, 3.8) is 0 Å². The first-order chi connectivity index (χ1) is 8.52. The van der Waals surface area contributed by atoms with E-state index < -0.39 is 5.97 Å². The Morgan fingerprint density at radius 3 is 2.50 bits per heavy atom. The minimum absolute atomic E-state index is 0.210. The van der Waals surface area contributed by atoms with Crippen LogP contribution in [0.4, 0.5) is 0 Å². The number of likely N-dealkylation sites (N-methyl/N-ethyl adjacent to an activating group) is 1. The van der Waals surface area contributed by atoms with Gasteiger partial charge in [0, 0.05) is 10.5 Å². The molecule has 0 aliphatic carbocycles. The number of hydrogen-bond acceptors (Lipinski definition) is 2. The monoisotopic (exact) mass is 313 g/mol. The number of carboxylic acid groups (broad SMARTS) is 1. The fourth-order valence-electron chi connectivity index (χ4n) is 1.96. The Kier molecular flexibility index (Phi) is 6.36. The highest BCUT2D eigenvalue weighted by Crippen LogP contribution is 2.15. The summed E-state index contributed by atoms with van der Waals surface area (Å²) in [6.07, 6.45) is 1.51. The van der Waals surface area contributed by atoms with Crippen molar-refractivity contribution in [1.82, 2.24) is 5.32 Å². The third-order valence-electron chi connectivity index (χ3n) is 2.95. The van der Waals surface area contributed by atoms with E-state index in [1.807, 2.05) is 19.1 Å². The number of rotatable bonds is 7. The smallest absolute Gasteiger partial charge is 0.306 e. The fourth-order valence-corrected chi connectivity index (χ4v) is 2.22. The third-order valence-corrected chi connectivity index (χ3v) is 3.48. The summed E-state index contributed by atoms with van der Waals surface area (Å²) in [6.45, 7) is 4.65. The quantitative estimate of drug-likeness (QED) is 0.813. The van der Waals surface area contributed by atoms with E-state index in [1.54, 1.807) is 6.92 Å². The van der Waals surface area contributed by atoms with Gasteiger partial charge in [0.25, 0.3) is 0 Å². The van der Waals surface area contributed by atoms with Crippen molar-refractivity contribution in [3.05, 3.63) is 34.3 Å². The van der Waals surface area contributed by atoms with Crippen molar-refractivity contribution in [3.8, 4) is 0 Å². The maximum atomic E-state index is 10.9. The van der Waals surface area contributed by atoms with Crippen molar-refractivity contribution >= 4 is 21.9 Å². The molecule has 0 saturated carbocycles. The molecule has 1 rings (SSSR count). The van der Waals surface area contributed by atoms with Gasteiger partial charge in [0.15, 0.2) is 0 Å². The number of halogens is 1. The van der Waals surface area contributed by atoms with Gasteiger partial charge in [-0.1, -0.05) is 41.9 Å². The molecule has 0 unspecified atom stereocenters. The number of benzene rings is 1. The Morgan fingerprint density at radius 1 is 1.39 bits per heavy atom. The average molecular weight is 314 g/mol. The summed E-state index contributed by atoms with van der Waals surface area (Å²) in [7, 11) is 0. The standard InChI is InChI=1S/C14H20BrNO2/c1-3-16-13(8-10(2)14(17)18)9-11-4-6-12(15)7-5-11/h4-7,10,13,16H,3,8-9H2,1-2H3,(H,17,18)/t10-,13+/m1/s1. The first-order valence-corrected chi connectivity index (χ1v) is 7.02. The number of aliphatic carboxylic acids is 1. The number of carboxylic acids is 1. The highest BCUT2D eigenvalue weighted by Gasteiger charge is 2.17. The molecule has 2 atom stereocenters. The molecular formula is C14H20BrNO2. The molecule has 4 heteroatoms. The first kappa shape index (κ1) is 15.2. The number of hydrogen-bond donors (Lipinski definition) is 2. The molecule has 0 amide bonds. The Morgan fingerprint density at radius 2 is 2.00 bits per heavy atom. The van der Waals surface area contributed by atoms with Gasteiger partial charge in [-0.15, -0.1) is 0 Å². The third kappa shape index (κ3) is 5.19. The molecule has 100 valence electrons. The summed E-state index contributed by atoms with van der Waals surface area (Å²) < 4.78 is 1.06. The molecule has 0 bridgehead atoms. The van der Waals surface area contributed by atoms with E-state index >= 15 is 0 Å². The van der Waals surface area contributed by atoms with Gasteiger partial charge in [-0.2, -0.15) is 0 Å². The normalized spacial score (nSPS) is 14.2. The van der Waals surface area contributed by atoms with Gasteiger partial charge in [-0.3, -0.25) is 4.79 Å². The first-order valence-electron chi connectivity index (χ1n) is 6.23. The minimum Gasteiger partial charge on any atom is -0.481 e. The van der Waals surface area contributed by atoms with E-state index in [-0.39, 0.29) is 12.0 Å². The van der Waals surface area contributed by atoms with Crippen LogP contribution < -0.4 is 5.32 Å². The molecule has 18 heavy (non-hydrogen) atoms. The van der Waals surface area contributed by atoms with Crippen LogP contribution in [-0.2, 0) is 11.2 Å². The van der Waals surface area contributed by atoms with Crippen LogP contribution in [0.2, 0.25) is 0 Å². The van der Waals surface area contributed by atoms with Crippen molar-refractivity contribution < 1.29 is 9.90 Å². The Hall–Kier alpha value is -0.870.